The monoisotopic (exact) mass is 367 g/mol. The molecule has 0 amide bonds. The normalized spacial score (nSPS) is 20.1. The molecule has 0 saturated heterocycles. The molecular weight excluding hydrogens is 338 g/mol. The minimum absolute atomic E-state index is 0.0680. The molecule has 0 aliphatic carbocycles. The van der Waals surface area contributed by atoms with Gasteiger partial charge in [-0.3, -0.25) is 0 Å². The zero-order chi connectivity index (χ0) is 20.6. The maximum Gasteiger partial charge on any atom is 0.350 e. The SMILES string of the molecule is CC(C)(C)C1=CC(=C/C=C/C2=C(C#N)C(=O)OC2(C)C)C=C(C(C)(C)C)O1. The lowest BCUT2D eigenvalue weighted by Crippen LogP contribution is -2.22. The standard InChI is InChI=1S/C23H29NO3/c1-21(2,3)18-12-15(13-19(26-18)22(4,5)6)10-9-11-17-16(14-24)20(25)27-23(17,7)8/h9-13H,1-8H3/b11-9+. The minimum atomic E-state index is -0.800. The van der Waals surface area contributed by atoms with Crippen molar-refractivity contribution in [3.05, 3.63) is 58.6 Å². The van der Waals surface area contributed by atoms with Gasteiger partial charge < -0.3 is 9.47 Å². The summed E-state index contributed by atoms with van der Waals surface area (Å²) in [4.78, 5) is 11.8. The van der Waals surface area contributed by atoms with Crippen LogP contribution in [-0.2, 0) is 14.3 Å². The Morgan fingerprint density at radius 2 is 1.56 bits per heavy atom. The van der Waals surface area contributed by atoms with Gasteiger partial charge >= 0.3 is 5.97 Å². The fourth-order valence-electron chi connectivity index (χ4n) is 2.75. The van der Waals surface area contributed by atoms with Gasteiger partial charge in [0.2, 0.25) is 0 Å². The predicted molar refractivity (Wildman–Crippen MR) is 106 cm³/mol. The molecule has 2 aliphatic rings. The summed E-state index contributed by atoms with van der Waals surface area (Å²) in [6, 6.07) is 1.95. The van der Waals surface area contributed by atoms with Crippen LogP contribution in [0.25, 0.3) is 0 Å². The van der Waals surface area contributed by atoms with Crippen molar-refractivity contribution >= 4 is 5.97 Å². The lowest BCUT2D eigenvalue weighted by atomic mass is 9.87. The highest BCUT2D eigenvalue weighted by Crippen LogP contribution is 2.39. The highest BCUT2D eigenvalue weighted by molar-refractivity contribution is 5.97. The van der Waals surface area contributed by atoms with Gasteiger partial charge in [0.1, 0.15) is 28.8 Å². The van der Waals surface area contributed by atoms with Crippen LogP contribution in [0.1, 0.15) is 55.4 Å². The summed E-state index contributed by atoms with van der Waals surface area (Å²) in [6.07, 6.45) is 9.65. The van der Waals surface area contributed by atoms with E-state index >= 15 is 0 Å². The largest absolute Gasteiger partial charge is 0.465 e. The van der Waals surface area contributed by atoms with Crippen molar-refractivity contribution in [2.45, 2.75) is 61.0 Å². The first kappa shape index (κ1) is 20.8. The van der Waals surface area contributed by atoms with E-state index in [2.05, 4.69) is 41.5 Å². The van der Waals surface area contributed by atoms with E-state index in [0.717, 1.165) is 17.1 Å². The highest BCUT2D eigenvalue weighted by atomic mass is 16.6. The Kier molecular flexibility index (Phi) is 5.30. The second-order valence-corrected chi connectivity index (χ2v) is 9.45. The third-order valence-electron chi connectivity index (χ3n) is 4.43. The maximum atomic E-state index is 11.8. The summed E-state index contributed by atoms with van der Waals surface area (Å²) in [5.74, 6) is 1.25. The number of carbonyl (C=O) groups excluding carboxylic acids is 1. The molecule has 0 aromatic rings. The van der Waals surface area contributed by atoms with E-state index < -0.39 is 11.6 Å². The van der Waals surface area contributed by atoms with Gasteiger partial charge in [-0.1, -0.05) is 59.8 Å². The zero-order valence-electron chi connectivity index (χ0n) is 17.6. The van der Waals surface area contributed by atoms with Crippen LogP contribution in [0.2, 0.25) is 0 Å². The predicted octanol–water partition coefficient (Wildman–Crippen LogP) is 5.51. The number of cyclic esters (lactones) is 1. The molecule has 2 rings (SSSR count). The van der Waals surface area contributed by atoms with Crippen molar-refractivity contribution in [1.29, 1.82) is 5.26 Å². The van der Waals surface area contributed by atoms with Gasteiger partial charge in [0.25, 0.3) is 0 Å². The van der Waals surface area contributed by atoms with Gasteiger partial charge in [-0.15, -0.1) is 0 Å². The summed E-state index contributed by atoms with van der Waals surface area (Å²) in [7, 11) is 0. The van der Waals surface area contributed by atoms with Crippen molar-refractivity contribution in [2.24, 2.45) is 10.8 Å². The smallest absolute Gasteiger partial charge is 0.350 e. The molecule has 4 heteroatoms. The molecule has 2 heterocycles. The second kappa shape index (κ2) is 6.88. The Morgan fingerprint density at radius 3 is 2.00 bits per heavy atom. The third kappa shape index (κ3) is 4.60. The van der Waals surface area contributed by atoms with E-state index in [0.29, 0.717) is 5.57 Å². The minimum Gasteiger partial charge on any atom is -0.465 e. The number of esters is 1. The number of rotatable bonds is 2. The number of nitrogens with zero attached hydrogens (tertiary/aromatic N) is 1. The Labute approximate surface area is 162 Å². The van der Waals surface area contributed by atoms with E-state index in [1.54, 1.807) is 19.9 Å². The average Bonchev–Trinajstić information content (AvgIpc) is 2.73. The van der Waals surface area contributed by atoms with Gasteiger partial charge in [-0.05, 0) is 31.6 Å². The number of nitriles is 1. The van der Waals surface area contributed by atoms with E-state index in [1.165, 1.54) is 0 Å². The van der Waals surface area contributed by atoms with Crippen molar-refractivity contribution < 1.29 is 14.3 Å². The third-order valence-corrected chi connectivity index (χ3v) is 4.43. The molecule has 0 aromatic heterocycles. The summed E-state index contributed by atoms with van der Waals surface area (Å²) in [5.41, 5.74) is 0.646. The van der Waals surface area contributed by atoms with Crippen molar-refractivity contribution in [3.8, 4) is 6.07 Å². The molecule has 27 heavy (non-hydrogen) atoms. The van der Waals surface area contributed by atoms with Gasteiger partial charge in [0.05, 0.1) is 0 Å². The molecule has 0 saturated carbocycles. The first-order valence-electron chi connectivity index (χ1n) is 9.14. The number of ether oxygens (including phenoxy) is 2. The Morgan fingerprint density at radius 1 is 1.04 bits per heavy atom. The maximum absolute atomic E-state index is 11.8. The molecule has 0 aromatic carbocycles. The fourth-order valence-corrected chi connectivity index (χ4v) is 2.75. The molecule has 0 atom stereocenters. The molecule has 2 aliphatic heterocycles. The number of carbonyl (C=O) groups is 1. The van der Waals surface area contributed by atoms with E-state index in [1.807, 2.05) is 30.4 Å². The van der Waals surface area contributed by atoms with E-state index in [4.69, 9.17) is 9.47 Å². The number of allylic oxidation sites excluding steroid dienone is 7. The average molecular weight is 367 g/mol. The fraction of sp³-hybridized carbons (Fsp3) is 0.478. The van der Waals surface area contributed by atoms with Crippen LogP contribution >= 0.6 is 0 Å². The molecule has 0 spiro atoms. The Hall–Kier alpha value is -2.54. The number of hydrogen-bond acceptors (Lipinski definition) is 4. The van der Waals surface area contributed by atoms with Gasteiger partial charge in [-0.25, -0.2) is 4.79 Å². The van der Waals surface area contributed by atoms with Crippen LogP contribution < -0.4 is 0 Å². The lowest BCUT2D eigenvalue weighted by molar-refractivity contribution is -0.144. The van der Waals surface area contributed by atoms with Crippen LogP contribution in [-0.4, -0.2) is 11.6 Å². The summed E-state index contributed by atoms with van der Waals surface area (Å²) in [5, 5.41) is 9.24. The Bertz CT molecular complexity index is 810. The summed E-state index contributed by atoms with van der Waals surface area (Å²) in [6.45, 7) is 16.3. The molecule has 0 unspecified atom stereocenters. The molecule has 0 N–H and O–H groups in total. The lowest BCUT2D eigenvalue weighted by Gasteiger charge is -2.32. The van der Waals surface area contributed by atoms with Crippen molar-refractivity contribution in [3.63, 3.8) is 0 Å². The zero-order valence-corrected chi connectivity index (χ0v) is 17.6. The van der Waals surface area contributed by atoms with Crippen LogP contribution in [0, 0.1) is 22.2 Å². The molecule has 144 valence electrons. The molecule has 0 bridgehead atoms. The first-order valence-corrected chi connectivity index (χ1v) is 9.14. The van der Waals surface area contributed by atoms with Gasteiger partial charge in [0.15, 0.2) is 0 Å². The molecule has 0 radical (unpaired) electrons. The van der Waals surface area contributed by atoms with Crippen LogP contribution in [0.5, 0.6) is 0 Å². The topological polar surface area (TPSA) is 59.3 Å². The van der Waals surface area contributed by atoms with Crippen molar-refractivity contribution in [2.75, 3.05) is 0 Å². The highest BCUT2D eigenvalue weighted by Gasteiger charge is 2.39. The van der Waals surface area contributed by atoms with Crippen molar-refractivity contribution in [1.82, 2.24) is 0 Å². The molecule has 0 fully saturated rings. The molecular formula is C23H29NO3. The van der Waals surface area contributed by atoms with Gasteiger partial charge in [-0.2, -0.15) is 5.26 Å². The van der Waals surface area contributed by atoms with E-state index in [9.17, 15) is 10.1 Å². The van der Waals surface area contributed by atoms with Gasteiger partial charge in [0, 0.05) is 16.4 Å². The first-order chi connectivity index (χ1) is 12.3. The summed E-state index contributed by atoms with van der Waals surface area (Å²) < 4.78 is 11.4. The second-order valence-electron chi connectivity index (χ2n) is 9.45. The quantitative estimate of drug-likeness (QED) is 0.603. The van der Waals surface area contributed by atoms with Crippen LogP contribution in [0.3, 0.4) is 0 Å². The van der Waals surface area contributed by atoms with Crippen LogP contribution in [0.4, 0.5) is 0 Å². The van der Waals surface area contributed by atoms with Crippen LogP contribution in [0.15, 0.2) is 58.6 Å². The number of hydrogen-bond donors (Lipinski definition) is 0. The van der Waals surface area contributed by atoms with E-state index in [-0.39, 0.29) is 16.4 Å². The Balaban J connectivity index is 2.43. The molecule has 4 nitrogen and oxygen atoms in total. The summed E-state index contributed by atoms with van der Waals surface area (Å²) >= 11 is 0.